The van der Waals surface area contributed by atoms with E-state index in [2.05, 4.69) is 0 Å². The molecule has 6 heteroatoms. The van der Waals surface area contributed by atoms with Crippen LogP contribution in [0.2, 0.25) is 0 Å². The summed E-state index contributed by atoms with van der Waals surface area (Å²) in [6, 6.07) is 31.3. The SMILES string of the molecule is Cc1ccc(C2=C(C(=O)c3ccccc3)C=C(C(=O)c3ccccc3)CN2S(=O)(=O)c2ccc(C)cc2)cc1. The first-order valence-corrected chi connectivity index (χ1v) is 14.0. The molecular weight excluding hydrogens is 506 g/mol. The number of hydrogen-bond donors (Lipinski definition) is 0. The number of benzene rings is 4. The van der Waals surface area contributed by atoms with E-state index in [1.165, 1.54) is 4.31 Å². The summed E-state index contributed by atoms with van der Waals surface area (Å²) in [4.78, 5) is 27.7. The van der Waals surface area contributed by atoms with Crippen LogP contribution in [0.5, 0.6) is 0 Å². The lowest BCUT2D eigenvalue weighted by atomic mass is 9.91. The third-order valence-corrected chi connectivity index (χ3v) is 8.44. The summed E-state index contributed by atoms with van der Waals surface area (Å²) in [7, 11) is -4.15. The number of aryl methyl sites for hydroxylation is 2. The highest BCUT2D eigenvalue weighted by Gasteiger charge is 2.36. The highest BCUT2D eigenvalue weighted by Crippen LogP contribution is 2.37. The van der Waals surface area contributed by atoms with E-state index in [1.54, 1.807) is 103 Å². The van der Waals surface area contributed by atoms with Gasteiger partial charge in [-0.15, -0.1) is 0 Å². The minimum atomic E-state index is -4.15. The monoisotopic (exact) mass is 533 g/mol. The van der Waals surface area contributed by atoms with Gasteiger partial charge in [0.15, 0.2) is 11.6 Å². The summed E-state index contributed by atoms with van der Waals surface area (Å²) in [5, 5.41) is 0. The van der Waals surface area contributed by atoms with Gasteiger partial charge in [0.2, 0.25) is 0 Å². The van der Waals surface area contributed by atoms with Crippen molar-refractivity contribution in [2.75, 3.05) is 6.54 Å². The third-order valence-electron chi connectivity index (χ3n) is 6.68. The molecule has 0 spiro atoms. The molecule has 39 heavy (non-hydrogen) atoms. The minimum absolute atomic E-state index is 0.0811. The number of hydrogen-bond acceptors (Lipinski definition) is 4. The maximum absolute atomic E-state index is 14.2. The second kappa shape index (κ2) is 10.7. The highest BCUT2D eigenvalue weighted by atomic mass is 32.2. The second-order valence-corrected chi connectivity index (χ2v) is 11.4. The first-order chi connectivity index (χ1) is 18.8. The van der Waals surface area contributed by atoms with E-state index in [1.807, 2.05) is 26.0 Å². The van der Waals surface area contributed by atoms with Gasteiger partial charge in [0, 0.05) is 22.3 Å². The third kappa shape index (κ3) is 5.24. The maximum Gasteiger partial charge on any atom is 0.264 e. The zero-order valence-electron chi connectivity index (χ0n) is 21.7. The molecule has 0 amide bonds. The van der Waals surface area contributed by atoms with Crippen molar-refractivity contribution in [3.05, 3.63) is 154 Å². The van der Waals surface area contributed by atoms with Gasteiger partial charge in [-0.3, -0.25) is 13.9 Å². The molecule has 5 nitrogen and oxygen atoms in total. The Morgan fingerprint density at radius 2 is 1.13 bits per heavy atom. The molecule has 0 aromatic heterocycles. The molecule has 1 aliphatic heterocycles. The Bertz CT molecular complexity index is 1700. The van der Waals surface area contributed by atoms with E-state index in [0.29, 0.717) is 16.7 Å². The Morgan fingerprint density at radius 1 is 0.641 bits per heavy atom. The van der Waals surface area contributed by atoms with Crippen molar-refractivity contribution >= 4 is 27.3 Å². The van der Waals surface area contributed by atoms with Crippen LogP contribution in [-0.4, -0.2) is 30.8 Å². The van der Waals surface area contributed by atoms with Crippen LogP contribution in [-0.2, 0) is 10.0 Å². The Hall–Kier alpha value is -4.55. The van der Waals surface area contributed by atoms with Gasteiger partial charge in [-0.05, 0) is 37.6 Å². The molecule has 0 fully saturated rings. The zero-order chi connectivity index (χ0) is 27.6. The Morgan fingerprint density at radius 3 is 1.67 bits per heavy atom. The van der Waals surface area contributed by atoms with Gasteiger partial charge in [-0.1, -0.05) is 108 Å². The number of allylic oxidation sites excluding steroid dienone is 2. The first kappa shape index (κ1) is 26.1. The van der Waals surface area contributed by atoms with Crippen molar-refractivity contribution in [2.45, 2.75) is 18.7 Å². The topological polar surface area (TPSA) is 71.5 Å². The number of carbonyl (C=O) groups is 2. The molecule has 1 heterocycles. The van der Waals surface area contributed by atoms with E-state index in [9.17, 15) is 18.0 Å². The summed E-state index contributed by atoms with van der Waals surface area (Å²) in [5.41, 5.74) is 3.90. The van der Waals surface area contributed by atoms with Crippen molar-refractivity contribution in [1.82, 2.24) is 4.31 Å². The average Bonchev–Trinajstić information content (AvgIpc) is 2.97. The number of Topliss-reactive ketones (excluding diaryl/α,β-unsaturated/α-hetero) is 2. The molecule has 4 aromatic rings. The molecular formula is C33H27NO4S. The number of sulfonamides is 1. The predicted molar refractivity (Wildman–Crippen MR) is 153 cm³/mol. The van der Waals surface area contributed by atoms with Crippen LogP contribution in [0.3, 0.4) is 0 Å². The lowest BCUT2D eigenvalue weighted by Crippen LogP contribution is -2.37. The summed E-state index contributed by atoms with van der Waals surface area (Å²) < 4.78 is 29.6. The van der Waals surface area contributed by atoms with Crippen molar-refractivity contribution in [2.24, 2.45) is 0 Å². The molecule has 0 bridgehead atoms. The molecule has 0 N–H and O–H groups in total. The Labute approximate surface area is 228 Å². The molecule has 4 aromatic carbocycles. The van der Waals surface area contributed by atoms with E-state index in [0.717, 1.165) is 11.1 Å². The van der Waals surface area contributed by atoms with E-state index >= 15 is 0 Å². The van der Waals surface area contributed by atoms with Crippen molar-refractivity contribution in [3.8, 4) is 0 Å². The maximum atomic E-state index is 14.2. The van der Waals surface area contributed by atoms with Crippen LogP contribution >= 0.6 is 0 Å². The van der Waals surface area contributed by atoms with Crippen molar-refractivity contribution < 1.29 is 18.0 Å². The Balaban J connectivity index is 1.78. The van der Waals surface area contributed by atoms with Gasteiger partial charge in [0.25, 0.3) is 10.0 Å². The van der Waals surface area contributed by atoms with Gasteiger partial charge in [-0.2, -0.15) is 0 Å². The van der Waals surface area contributed by atoms with Gasteiger partial charge < -0.3 is 0 Å². The number of carbonyl (C=O) groups excluding carboxylic acids is 2. The molecule has 0 unspecified atom stereocenters. The quantitative estimate of drug-likeness (QED) is 0.257. The molecule has 0 aliphatic carbocycles. The predicted octanol–water partition coefficient (Wildman–Crippen LogP) is 6.41. The highest BCUT2D eigenvalue weighted by molar-refractivity contribution is 7.89. The summed E-state index contributed by atoms with van der Waals surface area (Å²) in [6.07, 6.45) is 1.56. The fourth-order valence-corrected chi connectivity index (χ4v) is 6.03. The largest absolute Gasteiger partial charge is 0.289 e. The van der Waals surface area contributed by atoms with Crippen LogP contribution in [0, 0.1) is 13.8 Å². The number of rotatable bonds is 7. The van der Waals surface area contributed by atoms with Crippen LogP contribution in [0.15, 0.2) is 131 Å². The van der Waals surface area contributed by atoms with Crippen LogP contribution < -0.4 is 0 Å². The van der Waals surface area contributed by atoms with Crippen LogP contribution in [0.25, 0.3) is 5.70 Å². The van der Waals surface area contributed by atoms with Gasteiger partial charge in [0.05, 0.1) is 17.1 Å². The van der Waals surface area contributed by atoms with E-state index in [-0.39, 0.29) is 39.8 Å². The molecule has 194 valence electrons. The fraction of sp³-hybridized carbons (Fsp3) is 0.0909. The standard InChI is InChI=1S/C33H27NO4S/c1-23-13-17-25(18-14-23)31-30(33(36)27-11-7-4-8-12-27)21-28(32(35)26-9-5-3-6-10-26)22-34(31)39(37,38)29-19-15-24(2)16-20-29/h3-21H,22H2,1-2H3. The van der Waals surface area contributed by atoms with Crippen molar-refractivity contribution in [3.63, 3.8) is 0 Å². The molecule has 0 saturated carbocycles. The number of ketones is 2. The van der Waals surface area contributed by atoms with Crippen molar-refractivity contribution in [1.29, 1.82) is 0 Å². The molecule has 0 atom stereocenters. The first-order valence-electron chi connectivity index (χ1n) is 12.6. The number of nitrogens with zero attached hydrogens (tertiary/aromatic N) is 1. The van der Waals surface area contributed by atoms with Crippen LogP contribution in [0.1, 0.15) is 37.4 Å². The van der Waals surface area contributed by atoms with Gasteiger partial charge in [0.1, 0.15) is 0 Å². The lowest BCUT2D eigenvalue weighted by Gasteiger charge is -2.33. The molecule has 1 aliphatic rings. The Kier molecular flexibility index (Phi) is 7.13. The van der Waals surface area contributed by atoms with E-state index < -0.39 is 10.0 Å². The smallest absolute Gasteiger partial charge is 0.264 e. The zero-order valence-corrected chi connectivity index (χ0v) is 22.5. The molecule has 5 rings (SSSR count). The van der Waals surface area contributed by atoms with E-state index in [4.69, 9.17) is 0 Å². The van der Waals surface area contributed by atoms with Gasteiger partial charge in [-0.25, -0.2) is 8.42 Å². The van der Waals surface area contributed by atoms with Crippen LogP contribution in [0.4, 0.5) is 0 Å². The lowest BCUT2D eigenvalue weighted by molar-refractivity contribution is 0.102. The average molecular weight is 534 g/mol. The summed E-state index contributed by atoms with van der Waals surface area (Å²) >= 11 is 0. The summed E-state index contributed by atoms with van der Waals surface area (Å²) in [5.74, 6) is -0.700. The van der Waals surface area contributed by atoms with Gasteiger partial charge >= 0.3 is 0 Å². The molecule has 0 radical (unpaired) electrons. The minimum Gasteiger partial charge on any atom is -0.289 e. The molecule has 0 saturated heterocycles. The summed E-state index contributed by atoms with van der Waals surface area (Å²) in [6.45, 7) is 3.61. The normalized spacial score (nSPS) is 13.7. The fourth-order valence-electron chi connectivity index (χ4n) is 4.54. The second-order valence-electron chi connectivity index (χ2n) is 9.51.